The van der Waals surface area contributed by atoms with Crippen LogP contribution in [0.2, 0.25) is 0 Å². The molecular weight excluding hydrogens is 278 g/mol. The summed E-state index contributed by atoms with van der Waals surface area (Å²) in [7, 11) is 0. The van der Waals surface area contributed by atoms with Gasteiger partial charge in [0.1, 0.15) is 0 Å². The molecule has 0 unspecified atom stereocenters. The van der Waals surface area contributed by atoms with Crippen LogP contribution in [0.1, 0.15) is 28.9 Å². The van der Waals surface area contributed by atoms with Crippen molar-refractivity contribution in [3.8, 4) is 0 Å². The molecule has 114 valence electrons. The van der Waals surface area contributed by atoms with Crippen molar-refractivity contribution in [1.82, 2.24) is 9.88 Å². The molecule has 1 aromatic heterocycles. The van der Waals surface area contributed by atoms with Crippen LogP contribution < -0.4 is 5.73 Å². The maximum absolute atomic E-state index is 12.8. The van der Waals surface area contributed by atoms with Gasteiger partial charge in [-0.2, -0.15) is 0 Å². The van der Waals surface area contributed by atoms with E-state index in [4.69, 9.17) is 5.73 Å². The molecule has 1 saturated heterocycles. The van der Waals surface area contributed by atoms with Crippen LogP contribution in [0.3, 0.4) is 0 Å². The molecule has 2 N–H and O–H groups in total. The number of likely N-dealkylation sites (tertiary alicyclic amines) is 1. The van der Waals surface area contributed by atoms with Gasteiger partial charge in [0.2, 0.25) is 5.91 Å². The van der Waals surface area contributed by atoms with Crippen molar-refractivity contribution >= 4 is 22.7 Å². The Hall–Kier alpha value is -2.43. The van der Waals surface area contributed by atoms with Crippen LogP contribution in [0.15, 0.2) is 30.3 Å². The fourth-order valence-corrected chi connectivity index (χ4v) is 3.02. The van der Waals surface area contributed by atoms with E-state index in [0.29, 0.717) is 31.5 Å². The molecular formula is C17H19N3O2. The van der Waals surface area contributed by atoms with E-state index >= 15 is 0 Å². The van der Waals surface area contributed by atoms with Gasteiger partial charge in [-0.1, -0.05) is 18.2 Å². The number of nitrogens with zero attached hydrogens (tertiary/aromatic N) is 2. The first-order valence-corrected chi connectivity index (χ1v) is 7.51. The number of hydrogen-bond donors (Lipinski definition) is 1. The van der Waals surface area contributed by atoms with Crippen LogP contribution >= 0.6 is 0 Å². The number of primary amides is 1. The number of pyridine rings is 1. The Kier molecular flexibility index (Phi) is 3.79. The Labute approximate surface area is 129 Å². The Bertz CT molecular complexity index is 734. The van der Waals surface area contributed by atoms with Crippen molar-refractivity contribution in [2.24, 2.45) is 11.7 Å². The van der Waals surface area contributed by atoms with Gasteiger partial charge in [-0.05, 0) is 31.9 Å². The molecule has 0 bridgehead atoms. The molecule has 1 aliphatic rings. The summed E-state index contributed by atoms with van der Waals surface area (Å²) in [6.07, 6.45) is 1.28. The third-order valence-corrected chi connectivity index (χ3v) is 4.26. The van der Waals surface area contributed by atoms with E-state index in [1.807, 2.05) is 37.3 Å². The summed E-state index contributed by atoms with van der Waals surface area (Å²) >= 11 is 0. The van der Waals surface area contributed by atoms with Crippen molar-refractivity contribution < 1.29 is 9.59 Å². The largest absolute Gasteiger partial charge is 0.369 e. The second kappa shape index (κ2) is 5.75. The average molecular weight is 297 g/mol. The molecule has 3 rings (SSSR count). The molecule has 2 aromatic rings. The van der Waals surface area contributed by atoms with E-state index < -0.39 is 0 Å². The van der Waals surface area contributed by atoms with Crippen LogP contribution in [0, 0.1) is 12.8 Å². The predicted molar refractivity (Wildman–Crippen MR) is 84.3 cm³/mol. The van der Waals surface area contributed by atoms with E-state index in [-0.39, 0.29) is 17.7 Å². The molecule has 5 nitrogen and oxygen atoms in total. The van der Waals surface area contributed by atoms with Crippen LogP contribution in [-0.4, -0.2) is 34.8 Å². The Morgan fingerprint density at radius 2 is 1.91 bits per heavy atom. The summed E-state index contributed by atoms with van der Waals surface area (Å²) in [5, 5.41) is 0.870. The summed E-state index contributed by atoms with van der Waals surface area (Å²) in [5.74, 6) is -0.373. The van der Waals surface area contributed by atoms with Crippen molar-refractivity contribution in [3.05, 3.63) is 41.6 Å². The number of rotatable bonds is 2. The van der Waals surface area contributed by atoms with Crippen molar-refractivity contribution in [3.63, 3.8) is 0 Å². The third kappa shape index (κ3) is 2.66. The first kappa shape index (κ1) is 14.5. The maximum atomic E-state index is 12.8. The number of benzene rings is 1. The molecule has 1 aromatic carbocycles. The lowest BCUT2D eigenvalue weighted by atomic mass is 9.95. The number of carbonyl (C=O) groups excluding carboxylic acids is 2. The lowest BCUT2D eigenvalue weighted by Crippen LogP contribution is -2.41. The lowest BCUT2D eigenvalue weighted by molar-refractivity contribution is -0.123. The zero-order valence-corrected chi connectivity index (χ0v) is 12.6. The number of amides is 2. The molecule has 0 radical (unpaired) electrons. The Morgan fingerprint density at radius 3 is 2.59 bits per heavy atom. The first-order chi connectivity index (χ1) is 10.6. The minimum Gasteiger partial charge on any atom is -0.369 e. The second-order valence-corrected chi connectivity index (χ2v) is 5.80. The number of aromatic nitrogens is 1. The van der Waals surface area contributed by atoms with Crippen LogP contribution in [0.4, 0.5) is 0 Å². The normalized spacial score (nSPS) is 16.0. The number of aryl methyl sites for hydroxylation is 1. The SMILES string of the molecule is Cc1cc(C(=O)N2CCC(C(N)=O)CC2)c2ccccc2n1. The zero-order valence-electron chi connectivity index (χ0n) is 12.6. The minimum absolute atomic E-state index is 0.00428. The highest BCUT2D eigenvalue weighted by atomic mass is 16.2. The van der Waals surface area contributed by atoms with Crippen molar-refractivity contribution in [2.75, 3.05) is 13.1 Å². The lowest BCUT2D eigenvalue weighted by Gasteiger charge is -2.31. The topological polar surface area (TPSA) is 76.3 Å². The van der Waals surface area contributed by atoms with Crippen LogP contribution in [-0.2, 0) is 4.79 Å². The van der Waals surface area contributed by atoms with Crippen LogP contribution in [0.5, 0.6) is 0 Å². The summed E-state index contributed by atoms with van der Waals surface area (Å²) in [6.45, 7) is 3.03. The summed E-state index contributed by atoms with van der Waals surface area (Å²) in [4.78, 5) is 30.3. The van der Waals surface area contributed by atoms with Crippen molar-refractivity contribution in [1.29, 1.82) is 0 Å². The number of piperidine rings is 1. The molecule has 0 spiro atoms. The van der Waals surface area contributed by atoms with Gasteiger partial charge in [0.25, 0.3) is 5.91 Å². The minimum atomic E-state index is -0.266. The highest BCUT2D eigenvalue weighted by molar-refractivity contribution is 6.06. The monoisotopic (exact) mass is 297 g/mol. The third-order valence-electron chi connectivity index (χ3n) is 4.26. The van der Waals surface area contributed by atoms with Gasteiger partial charge in [0, 0.05) is 30.1 Å². The number of hydrogen-bond acceptors (Lipinski definition) is 3. The molecule has 0 atom stereocenters. The quantitative estimate of drug-likeness (QED) is 0.919. The van der Waals surface area contributed by atoms with E-state index in [9.17, 15) is 9.59 Å². The van der Waals surface area contributed by atoms with Crippen LogP contribution in [0.25, 0.3) is 10.9 Å². The highest BCUT2D eigenvalue weighted by Gasteiger charge is 2.27. The van der Waals surface area contributed by atoms with Gasteiger partial charge in [-0.3, -0.25) is 14.6 Å². The predicted octanol–water partition coefficient (Wildman–Crippen LogP) is 1.88. The fraction of sp³-hybridized carbons (Fsp3) is 0.353. The molecule has 0 saturated carbocycles. The maximum Gasteiger partial charge on any atom is 0.254 e. The van der Waals surface area contributed by atoms with Gasteiger partial charge in [0.15, 0.2) is 0 Å². The molecule has 5 heteroatoms. The second-order valence-electron chi connectivity index (χ2n) is 5.80. The molecule has 0 aliphatic carbocycles. The van der Waals surface area contributed by atoms with E-state index in [2.05, 4.69) is 4.98 Å². The van der Waals surface area contributed by atoms with Crippen molar-refractivity contribution in [2.45, 2.75) is 19.8 Å². The first-order valence-electron chi connectivity index (χ1n) is 7.51. The summed E-state index contributed by atoms with van der Waals surface area (Å²) in [6, 6.07) is 9.51. The van der Waals surface area contributed by atoms with E-state index in [1.165, 1.54) is 0 Å². The standard InChI is InChI=1S/C17H19N3O2/c1-11-10-14(13-4-2-3-5-15(13)19-11)17(22)20-8-6-12(7-9-20)16(18)21/h2-5,10,12H,6-9H2,1H3,(H2,18,21). The highest BCUT2D eigenvalue weighted by Crippen LogP contribution is 2.23. The Balaban J connectivity index is 1.89. The van der Waals surface area contributed by atoms with E-state index in [0.717, 1.165) is 16.6 Å². The van der Waals surface area contributed by atoms with Gasteiger partial charge >= 0.3 is 0 Å². The molecule has 2 amide bonds. The van der Waals surface area contributed by atoms with Gasteiger partial charge in [-0.25, -0.2) is 0 Å². The van der Waals surface area contributed by atoms with E-state index in [1.54, 1.807) is 4.90 Å². The van der Waals surface area contributed by atoms with Gasteiger partial charge < -0.3 is 10.6 Å². The molecule has 2 heterocycles. The number of carbonyl (C=O) groups is 2. The smallest absolute Gasteiger partial charge is 0.254 e. The summed E-state index contributed by atoms with van der Waals surface area (Å²) in [5.41, 5.74) is 7.68. The number of nitrogens with two attached hydrogens (primary N) is 1. The van der Waals surface area contributed by atoms with Gasteiger partial charge in [-0.15, -0.1) is 0 Å². The molecule has 22 heavy (non-hydrogen) atoms. The van der Waals surface area contributed by atoms with Gasteiger partial charge in [0.05, 0.1) is 11.1 Å². The molecule has 1 fully saturated rings. The fourth-order valence-electron chi connectivity index (χ4n) is 3.02. The molecule has 1 aliphatic heterocycles. The summed E-state index contributed by atoms with van der Waals surface area (Å²) < 4.78 is 0. The zero-order chi connectivity index (χ0) is 15.7. The number of fused-ring (bicyclic) bond motifs is 1. The average Bonchev–Trinajstić information content (AvgIpc) is 2.53. The number of para-hydroxylation sites is 1. The Morgan fingerprint density at radius 1 is 1.23 bits per heavy atom.